The number of aliphatic imine (C=N–C) groups is 1. The summed E-state index contributed by atoms with van der Waals surface area (Å²) in [6.07, 6.45) is 4.42. The van der Waals surface area contributed by atoms with Gasteiger partial charge in [0.1, 0.15) is 5.82 Å². The summed E-state index contributed by atoms with van der Waals surface area (Å²) in [6, 6.07) is 12.5. The van der Waals surface area contributed by atoms with Crippen LogP contribution in [0.4, 0.5) is 5.82 Å². The van der Waals surface area contributed by atoms with E-state index in [-0.39, 0.29) is 24.0 Å². The van der Waals surface area contributed by atoms with Crippen LogP contribution in [-0.4, -0.2) is 43.0 Å². The number of halogens is 2. The maximum Gasteiger partial charge on any atom is 0.193 e. The molecule has 146 valence electrons. The first-order chi connectivity index (χ1) is 12.7. The lowest BCUT2D eigenvalue weighted by molar-refractivity contribution is 0.475. The van der Waals surface area contributed by atoms with Crippen LogP contribution >= 0.6 is 39.9 Å². The second-order valence-corrected chi connectivity index (χ2v) is 7.42. The molecule has 0 unspecified atom stereocenters. The number of benzene rings is 1. The summed E-state index contributed by atoms with van der Waals surface area (Å²) >= 11 is 3.61. The standard InChI is InChI=1S/C20H26BrN5.HI/c1-22-20(25(2)15-17-7-3-4-8-18(17)21)24-14-16-9-10-23-19(13-16)26-11-5-6-12-26;/h3-4,7-10,13H,5-6,11-12,14-15H2,1-2H3,(H,22,24);1H. The number of hydrogen-bond donors (Lipinski definition) is 1. The van der Waals surface area contributed by atoms with Gasteiger partial charge in [0.25, 0.3) is 0 Å². The molecule has 0 amide bonds. The zero-order valence-electron chi connectivity index (χ0n) is 15.9. The van der Waals surface area contributed by atoms with Gasteiger partial charge in [0.05, 0.1) is 0 Å². The van der Waals surface area contributed by atoms with Gasteiger partial charge < -0.3 is 15.1 Å². The molecule has 1 aromatic heterocycles. The van der Waals surface area contributed by atoms with Gasteiger partial charge in [-0.25, -0.2) is 4.98 Å². The van der Waals surface area contributed by atoms with E-state index in [0.29, 0.717) is 0 Å². The molecule has 3 rings (SSSR count). The lowest BCUT2D eigenvalue weighted by atomic mass is 10.2. The van der Waals surface area contributed by atoms with Crippen LogP contribution in [-0.2, 0) is 13.1 Å². The number of nitrogens with one attached hydrogen (secondary N) is 1. The number of guanidine groups is 1. The van der Waals surface area contributed by atoms with Crippen molar-refractivity contribution in [1.82, 2.24) is 15.2 Å². The molecular formula is C20H27BrIN5. The van der Waals surface area contributed by atoms with Gasteiger partial charge in [0, 0.05) is 50.9 Å². The van der Waals surface area contributed by atoms with Crippen molar-refractivity contribution in [2.45, 2.75) is 25.9 Å². The lowest BCUT2D eigenvalue weighted by Gasteiger charge is -2.23. The third kappa shape index (κ3) is 6.07. The summed E-state index contributed by atoms with van der Waals surface area (Å²) in [7, 11) is 3.87. The van der Waals surface area contributed by atoms with Crippen LogP contribution < -0.4 is 10.2 Å². The monoisotopic (exact) mass is 543 g/mol. The Morgan fingerprint density at radius 1 is 1.26 bits per heavy atom. The second kappa shape index (κ2) is 10.8. The van der Waals surface area contributed by atoms with Gasteiger partial charge in [-0.05, 0) is 42.2 Å². The van der Waals surface area contributed by atoms with E-state index in [1.807, 2.05) is 19.3 Å². The van der Waals surface area contributed by atoms with E-state index in [1.165, 1.54) is 24.0 Å². The van der Waals surface area contributed by atoms with Gasteiger partial charge in [-0.1, -0.05) is 34.1 Å². The number of hydrogen-bond acceptors (Lipinski definition) is 3. The van der Waals surface area contributed by atoms with Crippen molar-refractivity contribution in [2.75, 3.05) is 32.1 Å². The maximum atomic E-state index is 4.52. The van der Waals surface area contributed by atoms with Crippen molar-refractivity contribution in [3.05, 3.63) is 58.2 Å². The molecule has 0 spiro atoms. The average molecular weight is 544 g/mol. The Kier molecular flexibility index (Phi) is 8.82. The lowest BCUT2D eigenvalue weighted by Crippen LogP contribution is -2.38. The molecule has 1 saturated heterocycles. The van der Waals surface area contributed by atoms with E-state index in [0.717, 1.165) is 42.4 Å². The van der Waals surface area contributed by atoms with Gasteiger partial charge in [0.2, 0.25) is 0 Å². The molecule has 0 saturated carbocycles. The molecular weight excluding hydrogens is 517 g/mol. The van der Waals surface area contributed by atoms with E-state index in [9.17, 15) is 0 Å². The summed E-state index contributed by atoms with van der Waals surface area (Å²) in [4.78, 5) is 13.4. The molecule has 7 heteroatoms. The minimum Gasteiger partial charge on any atom is -0.357 e. The molecule has 0 aliphatic carbocycles. The van der Waals surface area contributed by atoms with Crippen molar-refractivity contribution in [3.63, 3.8) is 0 Å². The minimum absolute atomic E-state index is 0. The Bertz CT molecular complexity index is 762. The predicted molar refractivity (Wildman–Crippen MR) is 127 cm³/mol. The summed E-state index contributed by atoms with van der Waals surface area (Å²) in [5.41, 5.74) is 2.45. The Balaban J connectivity index is 0.00000261. The van der Waals surface area contributed by atoms with Gasteiger partial charge in [-0.15, -0.1) is 24.0 Å². The van der Waals surface area contributed by atoms with Crippen LogP contribution in [0.25, 0.3) is 0 Å². The zero-order chi connectivity index (χ0) is 18.4. The quantitative estimate of drug-likeness (QED) is 0.347. The summed E-state index contributed by atoms with van der Waals surface area (Å²) in [5.74, 6) is 1.96. The zero-order valence-corrected chi connectivity index (χ0v) is 19.8. The fourth-order valence-corrected chi connectivity index (χ4v) is 3.62. The topological polar surface area (TPSA) is 43.8 Å². The molecule has 1 N–H and O–H groups in total. The molecule has 1 aliphatic rings. The summed E-state index contributed by atoms with van der Waals surface area (Å²) in [6.45, 7) is 3.74. The van der Waals surface area contributed by atoms with Gasteiger partial charge in [-0.2, -0.15) is 0 Å². The molecule has 0 radical (unpaired) electrons. The first kappa shape index (κ1) is 21.9. The Hall–Kier alpha value is -1.35. The van der Waals surface area contributed by atoms with Crippen molar-refractivity contribution >= 4 is 51.7 Å². The molecule has 1 fully saturated rings. The Labute approximate surface area is 187 Å². The molecule has 1 aliphatic heterocycles. The van der Waals surface area contributed by atoms with Crippen LogP contribution in [0.5, 0.6) is 0 Å². The highest BCUT2D eigenvalue weighted by Crippen LogP contribution is 2.19. The normalized spacial score (nSPS) is 14.0. The molecule has 2 aromatic rings. The average Bonchev–Trinajstić information content (AvgIpc) is 3.19. The minimum atomic E-state index is 0. The van der Waals surface area contributed by atoms with E-state index in [2.05, 4.69) is 78.4 Å². The Morgan fingerprint density at radius 3 is 2.70 bits per heavy atom. The van der Waals surface area contributed by atoms with Crippen LogP contribution in [0.3, 0.4) is 0 Å². The molecule has 0 bridgehead atoms. The highest BCUT2D eigenvalue weighted by atomic mass is 127. The van der Waals surface area contributed by atoms with Crippen LogP contribution in [0, 0.1) is 0 Å². The highest BCUT2D eigenvalue weighted by molar-refractivity contribution is 14.0. The van der Waals surface area contributed by atoms with Crippen molar-refractivity contribution in [2.24, 2.45) is 4.99 Å². The molecule has 5 nitrogen and oxygen atoms in total. The number of anilines is 1. The van der Waals surface area contributed by atoms with Crippen molar-refractivity contribution < 1.29 is 0 Å². The predicted octanol–water partition coefficient (Wildman–Crippen LogP) is 4.27. The largest absolute Gasteiger partial charge is 0.357 e. The first-order valence-corrected chi connectivity index (χ1v) is 9.82. The van der Waals surface area contributed by atoms with E-state index >= 15 is 0 Å². The molecule has 1 aromatic carbocycles. The maximum absolute atomic E-state index is 4.52. The van der Waals surface area contributed by atoms with E-state index < -0.39 is 0 Å². The fourth-order valence-electron chi connectivity index (χ4n) is 3.21. The summed E-state index contributed by atoms with van der Waals surface area (Å²) in [5, 5.41) is 3.46. The third-order valence-electron chi connectivity index (χ3n) is 4.63. The number of pyridine rings is 1. The van der Waals surface area contributed by atoms with Crippen LogP contribution in [0.1, 0.15) is 24.0 Å². The van der Waals surface area contributed by atoms with Gasteiger partial charge in [-0.3, -0.25) is 4.99 Å². The van der Waals surface area contributed by atoms with Crippen molar-refractivity contribution in [3.8, 4) is 0 Å². The van der Waals surface area contributed by atoms with Gasteiger partial charge in [0.15, 0.2) is 5.96 Å². The number of rotatable bonds is 5. The van der Waals surface area contributed by atoms with Crippen LogP contribution in [0.15, 0.2) is 52.1 Å². The smallest absolute Gasteiger partial charge is 0.193 e. The molecule has 0 atom stereocenters. The van der Waals surface area contributed by atoms with Gasteiger partial charge >= 0.3 is 0 Å². The number of nitrogens with zero attached hydrogens (tertiary/aromatic N) is 4. The van der Waals surface area contributed by atoms with Crippen LogP contribution in [0.2, 0.25) is 0 Å². The number of aromatic nitrogens is 1. The summed E-state index contributed by atoms with van der Waals surface area (Å²) < 4.78 is 1.12. The highest BCUT2D eigenvalue weighted by Gasteiger charge is 2.14. The van der Waals surface area contributed by atoms with Crippen molar-refractivity contribution in [1.29, 1.82) is 0 Å². The second-order valence-electron chi connectivity index (χ2n) is 6.56. The molecule has 27 heavy (non-hydrogen) atoms. The third-order valence-corrected chi connectivity index (χ3v) is 5.40. The SMILES string of the molecule is CN=C(NCc1ccnc(N2CCCC2)c1)N(C)Cc1ccccc1Br.I. The fraction of sp³-hybridized carbons (Fsp3) is 0.400. The Morgan fingerprint density at radius 2 is 2.00 bits per heavy atom. The van der Waals surface area contributed by atoms with E-state index in [1.54, 1.807) is 0 Å². The first-order valence-electron chi connectivity index (χ1n) is 9.02. The molecule has 2 heterocycles. The van der Waals surface area contributed by atoms with E-state index in [4.69, 9.17) is 0 Å².